The highest BCUT2D eigenvalue weighted by Crippen LogP contribution is 2.64. The van der Waals surface area contributed by atoms with Crippen LogP contribution in [0.5, 0.6) is 0 Å². The largest absolute Gasteiger partial charge is 0.338 e. The molecular formula is C23H23N7O. The van der Waals surface area contributed by atoms with Crippen LogP contribution in [0.15, 0.2) is 24.5 Å². The lowest BCUT2D eigenvalue weighted by Gasteiger charge is -2.39. The van der Waals surface area contributed by atoms with Gasteiger partial charge in [-0.25, -0.2) is 15.0 Å². The number of anilines is 2. The highest BCUT2D eigenvalue weighted by molar-refractivity contribution is 6.10. The molecule has 2 N–H and O–H groups in total. The molecule has 8 heteroatoms. The number of nitrogens with one attached hydrogen (secondary N) is 2. The molecule has 3 atom stereocenters. The van der Waals surface area contributed by atoms with Gasteiger partial charge in [-0.2, -0.15) is 5.10 Å². The maximum Gasteiger partial charge on any atom is 0.235 e. The van der Waals surface area contributed by atoms with E-state index in [4.69, 9.17) is 9.97 Å². The number of aromatic nitrogens is 5. The van der Waals surface area contributed by atoms with E-state index in [1.807, 2.05) is 6.07 Å². The molecule has 4 aliphatic rings. The molecule has 0 bridgehead atoms. The summed E-state index contributed by atoms with van der Waals surface area (Å²) in [7, 11) is 0. The van der Waals surface area contributed by atoms with Gasteiger partial charge >= 0.3 is 0 Å². The van der Waals surface area contributed by atoms with Crippen molar-refractivity contribution in [2.45, 2.75) is 56.4 Å². The monoisotopic (exact) mass is 413 g/mol. The van der Waals surface area contributed by atoms with E-state index < -0.39 is 5.41 Å². The van der Waals surface area contributed by atoms with E-state index >= 15 is 0 Å². The van der Waals surface area contributed by atoms with Gasteiger partial charge in [0.25, 0.3) is 0 Å². The van der Waals surface area contributed by atoms with Gasteiger partial charge in [0.05, 0.1) is 11.1 Å². The molecule has 1 spiro atoms. The lowest BCUT2D eigenvalue weighted by molar-refractivity contribution is -0.118. The maximum absolute atomic E-state index is 13.0. The predicted octanol–water partition coefficient (Wildman–Crippen LogP) is 2.73. The Kier molecular flexibility index (Phi) is 3.31. The number of carbonyl (C=O) groups excluding carboxylic acids is 1. The molecule has 1 saturated heterocycles. The summed E-state index contributed by atoms with van der Waals surface area (Å²) in [5, 5.41) is 10.1. The fourth-order valence-electron chi connectivity index (χ4n) is 5.64. The number of H-pyrrole nitrogens is 1. The van der Waals surface area contributed by atoms with Crippen LogP contribution in [0.4, 0.5) is 11.6 Å². The average Bonchev–Trinajstić information content (AvgIpc) is 3.11. The lowest BCUT2D eigenvalue weighted by atomic mass is 9.91. The van der Waals surface area contributed by atoms with Crippen LogP contribution in [0.1, 0.15) is 54.7 Å². The minimum absolute atomic E-state index is 0.0175. The summed E-state index contributed by atoms with van der Waals surface area (Å²) in [5.74, 6) is 1.63. The van der Waals surface area contributed by atoms with Gasteiger partial charge in [0.15, 0.2) is 5.82 Å². The fourth-order valence-corrected chi connectivity index (χ4v) is 5.64. The number of carbonyl (C=O) groups is 1. The zero-order chi connectivity index (χ0) is 20.7. The molecule has 3 aromatic rings. The highest BCUT2D eigenvalue weighted by atomic mass is 16.2. The molecular weight excluding hydrogens is 390 g/mol. The highest BCUT2D eigenvalue weighted by Gasteiger charge is 2.66. The minimum Gasteiger partial charge on any atom is -0.338 e. The standard InChI is InChI=1S/C23H23N7O/c1-12-7-8-30(12)22-27-17-4-2-3-14(17)19(28-22)13-5-6-18-15(9-13)23(21(31)26-18)10-16(23)20-24-11-25-29-20/h5-6,9,11-12,16H,2-4,7-8,10H2,1H3,(H,26,31)(H,24,25,29)/t12-,16?,23?/m0/s1. The van der Waals surface area contributed by atoms with Crippen molar-refractivity contribution in [3.05, 3.63) is 47.2 Å². The number of hydrogen-bond donors (Lipinski definition) is 2. The molecule has 31 heavy (non-hydrogen) atoms. The summed E-state index contributed by atoms with van der Waals surface area (Å²) in [5.41, 5.74) is 5.95. The van der Waals surface area contributed by atoms with Crippen LogP contribution in [0.3, 0.4) is 0 Å². The van der Waals surface area contributed by atoms with Crippen LogP contribution in [-0.2, 0) is 23.1 Å². The van der Waals surface area contributed by atoms with Crippen molar-refractivity contribution in [2.24, 2.45) is 0 Å². The number of hydrogen-bond acceptors (Lipinski definition) is 6. The number of aromatic amines is 1. The summed E-state index contributed by atoms with van der Waals surface area (Å²) < 4.78 is 0. The molecule has 2 aliphatic carbocycles. The van der Waals surface area contributed by atoms with Crippen molar-refractivity contribution in [2.75, 3.05) is 16.8 Å². The van der Waals surface area contributed by atoms with Gasteiger partial charge in [-0.15, -0.1) is 0 Å². The molecule has 7 rings (SSSR count). The molecule has 0 radical (unpaired) electrons. The first-order valence-electron chi connectivity index (χ1n) is 11.1. The van der Waals surface area contributed by atoms with E-state index in [2.05, 4.69) is 44.5 Å². The second-order valence-electron chi connectivity index (χ2n) is 9.28. The zero-order valence-corrected chi connectivity index (χ0v) is 17.4. The van der Waals surface area contributed by atoms with Crippen molar-refractivity contribution in [3.63, 3.8) is 0 Å². The molecule has 2 unspecified atom stereocenters. The molecule has 4 heterocycles. The van der Waals surface area contributed by atoms with E-state index in [1.54, 1.807) is 6.33 Å². The van der Waals surface area contributed by atoms with Crippen LogP contribution in [-0.4, -0.2) is 43.6 Å². The molecule has 8 nitrogen and oxygen atoms in total. The maximum atomic E-state index is 13.0. The topological polar surface area (TPSA) is 99.7 Å². The number of amides is 1. The Hall–Kier alpha value is -3.29. The number of nitrogens with zero attached hydrogens (tertiary/aromatic N) is 5. The molecule has 2 aromatic heterocycles. The second kappa shape index (κ2) is 5.90. The molecule has 1 saturated carbocycles. The van der Waals surface area contributed by atoms with E-state index in [1.165, 1.54) is 17.7 Å². The smallest absolute Gasteiger partial charge is 0.235 e. The first-order chi connectivity index (χ1) is 15.1. The van der Waals surface area contributed by atoms with E-state index in [9.17, 15) is 4.79 Å². The van der Waals surface area contributed by atoms with Crippen LogP contribution in [0, 0.1) is 0 Å². The molecule has 1 amide bonds. The van der Waals surface area contributed by atoms with Gasteiger partial charge in [0.2, 0.25) is 11.9 Å². The van der Waals surface area contributed by atoms with E-state index in [0.29, 0.717) is 11.9 Å². The third-order valence-electron chi connectivity index (χ3n) is 7.63. The Labute approximate surface area is 179 Å². The van der Waals surface area contributed by atoms with Gasteiger partial charge in [-0.3, -0.25) is 9.89 Å². The van der Waals surface area contributed by atoms with Crippen LogP contribution in [0.25, 0.3) is 11.3 Å². The first-order valence-corrected chi connectivity index (χ1v) is 11.1. The first kappa shape index (κ1) is 17.4. The fraction of sp³-hybridized carbons (Fsp3) is 0.435. The molecule has 2 aliphatic heterocycles. The summed E-state index contributed by atoms with van der Waals surface area (Å²) in [6, 6.07) is 6.78. The number of aryl methyl sites for hydroxylation is 1. The Morgan fingerprint density at radius 3 is 2.94 bits per heavy atom. The van der Waals surface area contributed by atoms with Crippen molar-refractivity contribution in [3.8, 4) is 11.3 Å². The van der Waals surface area contributed by atoms with Gasteiger partial charge < -0.3 is 10.2 Å². The Morgan fingerprint density at radius 1 is 1.23 bits per heavy atom. The summed E-state index contributed by atoms with van der Waals surface area (Å²) in [6.45, 7) is 3.25. The van der Waals surface area contributed by atoms with Crippen molar-refractivity contribution in [1.29, 1.82) is 0 Å². The summed E-state index contributed by atoms with van der Waals surface area (Å²) in [4.78, 5) is 29.5. The minimum atomic E-state index is -0.557. The van der Waals surface area contributed by atoms with Crippen molar-refractivity contribution < 1.29 is 4.79 Å². The van der Waals surface area contributed by atoms with Crippen molar-refractivity contribution in [1.82, 2.24) is 25.1 Å². The molecule has 2 fully saturated rings. The molecule has 1 aromatic carbocycles. The lowest BCUT2D eigenvalue weighted by Crippen LogP contribution is -2.46. The van der Waals surface area contributed by atoms with Crippen LogP contribution >= 0.6 is 0 Å². The van der Waals surface area contributed by atoms with Crippen molar-refractivity contribution >= 4 is 17.5 Å². The number of benzene rings is 1. The van der Waals surface area contributed by atoms with Crippen LogP contribution in [0.2, 0.25) is 0 Å². The van der Waals surface area contributed by atoms with E-state index in [0.717, 1.165) is 60.7 Å². The second-order valence-corrected chi connectivity index (χ2v) is 9.28. The van der Waals surface area contributed by atoms with E-state index in [-0.39, 0.29) is 11.8 Å². The SMILES string of the molecule is C[C@H]1CCN1c1nc2c(c(-c3ccc4c(c3)C3(CC3c3nc[nH]n3)C(=O)N4)n1)CCC2. The summed E-state index contributed by atoms with van der Waals surface area (Å²) in [6.07, 6.45) is 6.66. The third-order valence-corrected chi connectivity index (χ3v) is 7.63. The summed E-state index contributed by atoms with van der Waals surface area (Å²) >= 11 is 0. The third kappa shape index (κ3) is 2.27. The van der Waals surface area contributed by atoms with Crippen LogP contribution < -0.4 is 10.2 Å². The number of fused-ring (bicyclic) bond motifs is 3. The van der Waals surface area contributed by atoms with Gasteiger partial charge in [-0.1, -0.05) is 6.07 Å². The Balaban J connectivity index is 1.35. The Morgan fingerprint density at radius 2 is 2.16 bits per heavy atom. The quantitative estimate of drug-likeness (QED) is 0.685. The average molecular weight is 413 g/mol. The van der Waals surface area contributed by atoms with Gasteiger partial charge in [0, 0.05) is 41.0 Å². The number of rotatable bonds is 3. The van der Waals surface area contributed by atoms with Gasteiger partial charge in [-0.05, 0) is 56.7 Å². The zero-order valence-electron chi connectivity index (χ0n) is 17.4. The predicted molar refractivity (Wildman–Crippen MR) is 115 cm³/mol. The molecule has 156 valence electrons. The van der Waals surface area contributed by atoms with Gasteiger partial charge in [0.1, 0.15) is 6.33 Å². The Bertz CT molecular complexity index is 1240. The normalized spacial score (nSPS) is 27.8.